The van der Waals surface area contributed by atoms with Gasteiger partial charge < -0.3 is 24.2 Å². The van der Waals surface area contributed by atoms with Crippen LogP contribution in [0.15, 0.2) is 23.6 Å². The van der Waals surface area contributed by atoms with E-state index in [0.29, 0.717) is 12.0 Å². The molecule has 1 amide bonds. The highest BCUT2D eigenvalue weighted by atomic mass is 32.1. The molecule has 3 aliphatic rings. The molecule has 2 aromatic rings. The third kappa shape index (κ3) is 3.89. The summed E-state index contributed by atoms with van der Waals surface area (Å²) in [5, 5.41) is 11.9. The molecule has 1 saturated carbocycles. The fraction of sp³-hybridized carbons (Fsp3) is 0.545. The van der Waals surface area contributed by atoms with E-state index < -0.39 is 30.9 Å². The van der Waals surface area contributed by atoms with Crippen molar-refractivity contribution in [1.82, 2.24) is 14.3 Å². The minimum absolute atomic E-state index is 0.111. The van der Waals surface area contributed by atoms with Gasteiger partial charge in [-0.15, -0.1) is 11.3 Å². The lowest BCUT2D eigenvalue weighted by molar-refractivity contribution is -0.165. The van der Waals surface area contributed by atoms with Crippen LogP contribution in [0.2, 0.25) is 0 Å². The van der Waals surface area contributed by atoms with Crippen molar-refractivity contribution in [3.05, 3.63) is 29.3 Å². The summed E-state index contributed by atoms with van der Waals surface area (Å²) in [5.74, 6) is -1.68. The molecule has 11 heteroatoms. The Hall–Kier alpha value is -2.92. The van der Waals surface area contributed by atoms with Gasteiger partial charge in [0.15, 0.2) is 0 Å². The highest BCUT2D eigenvalue weighted by Crippen LogP contribution is 2.47. The predicted molar refractivity (Wildman–Crippen MR) is 116 cm³/mol. The van der Waals surface area contributed by atoms with E-state index in [1.807, 2.05) is 9.78 Å². The summed E-state index contributed by atoms with van der Waals surface area (Å²) in [7, 11) is 0. The maximum atomic E-state index is 13.0. The van der Waals surface area contributed by atoms with Gasteiger partial charge in [0.25, 0.3) is 0 Å². The first-order valence-corrected chi connectivity index (χ1v) is 12.0. The van der Waals surface area contributed by atoms with Gasteiger partial charge in [-0.3, -0.25) is 9.20 Å². The maximum absolute atomic E-state index is 13.0. The van der Waals surface area contributed by atoms with Crippen molar-refractivity contribution in [2.24, 2.45) is 5.92 Å². The molecule has 2 fully saturated rings. The van der Waals surface area contributed by atoms with Crippen molar-refractivity contribution in [1.29, 1.82) is 0 Å². The number of rotatable bonds is 6. The monoisotopic (exact) mass is 475 g/mol. The molecule has 0 spiro atoms. The summed E-state index contributed by atoms with van der Waals surface area (Å²) in [5.41, 5.74) is 1.48. The fourth-order valence-electron chi connectivity index (χ4n) is 4.98. The van der Waals surface area contributed by atoms with Crippen molar-refractivity contribution in [2.45, 2.75) is 63.7 Å². The number of imidazole rings is 1. The number of ether oxygens (including phenoxy) is 3. The maximum Gasteiger partial charge on any atom is 0.511 e. The van der Waals surface area contributed by atoms with Gasteiger partial charge in [0, 0.05) is 11.0 Å². The number of thiazole rings is 1. The van der Waals surface area contributed by atoms with Crippen LogP contribution in [-0.4, -0.2) is 62.5 Å². The summed E-state index contributed by atoms with van der Waals surface area (Å²) >= 11 is 1.47. The zero-order valence-corrected chi connectivity index (χ0v) is 19.0. The molecule has 0 aromatic carbocycles. The zero-order valence-electron chi connectivity index (χ0n) is 18.1. The molecule has 176 valence electrons. The van der Waals surface area contributed by atoms with Crippen molar-refractivity contribution >= 4 is 39.8 Å². The molecule has 10 nitrogen and oxygen atoms in total. The van der Waals surface area contributed by atoms with E-state index in [9.17, 15) is 19.5 Å². The van der Waals surface area contributed by atoms with Crippen molar-refractivity contribution < 1.29 is 33.7 Å². The van der Waals surface area contributed by atoms with Gasteiger partial charge in [-0.2, -0.15) is 0 Å². The van der Waals surface area contributed by atoms with Gasteiger partial charge in [-0.05, 0) is 39.0 Å². The Morgan fingerprint density at radius 1 is 1.27 bits per heavy atom. The van der Waals surface area contributed by atoms with Crippen LogP contribution in [0.25, 0.3) is 10.4 Å². The van der Waals surface area contributed by atoms with Crippen LogP contribution in [0.5, 0.6) is 0 Å². The third-order valence-electron chi connectivity index (χ3n) is 6.57. The summed E-state index contributed by atoms with van der Waals surface area (Å²) < 4.78 is 17.3. The van der Waals surface area contributed by atoms with Gasteiger partial charge in [0.05, 0.1) is 30.0 Å². The summed E-state index contributed by atoms with van der Waals surface area (Å²) in [6.45, 7) is 0.956. The Balaban J connectivity index is 1.31. The number of β-lactam (4-membered cyclic amide) rings is 1. The molecule has 0 unspecified atom stereocenters. The second-order valence-corrected chi connectivity index (χ2v) is 9.51. The molecule has 1 aliphatic carbocycles. The van der Waals surface area contributed by atoms with Crippen LogP contribution in [0.1, 0.15) is 51.1 Å². The van der Waals surface area contributed by atoms with E-state index in [-0.39, 0.29) is 23.8 Å². The topological polar surface area (TPSA) is 120 Å². The Labute approximate surface area is 193 Å². The van der Waals surface area contributed by atoms with Crippen molar-refractivity contribution in [3.63, 3.8) is 0 Å². The number of aliphatic hydroxyl groups excluding tert-OH is 1. The Morgan fingerprint density at radius 3 is 2.82 bits per heavy atom. The van der Waals surface area contributed by atoms with E-state index in [1.54, 1.807) is 19.4 Å². The number of carbonyl (C=O) groups is 3. The predicted octanol–water partition coefficient (Wildman–Crippen LogP) is 2.71. The molecule has 3 atom stereocenters. The second-order valence-electron chi connectivity index (χ2n) is 8.62. The number of carbonyl (C=O) groups excluding carboxylic acids is 3. The quantitative estimate of drug-likeness (QED) is 0.385. The van der Waals surface area contributed by atoms with Crippen LogP contribution in [0.3, 0.4) is 0 Å². The first-order valence-electron chi connectivity index (χ1n) is 11.1. The molecular formula is C22H25N3O7S. The molecule has 5 rings (SSSR count). The SMILES string of the molecule is C[C@@H](O)[C@H]1C(=O)N2C(C(=O)OCOC(=O)OC3CCCCC3)=C(c3csc4cncn34)C[C@H]12. The third-order valence-corrected chi connectivity index (χ3v) is 7.45. The highest BCUT2D eigenvalue weighted by Gasteiger charge is 2.57. The lowest BCUT2D eigenvalue weighted by Gasteiger charge is -2.44. The van der Waals surface area contributed by atoms with E-state index in [1.165, 1.54) is 16.2 Å². The Morgan fingerprint density at radius 2 is 2.06 bits per heavy atom. The van der Waals surface area contributed by atoms with Gasteiger partial charge in [-0.25, -0.2) is 14.6 Å². The van der Waals surface area contributed by atoms with E-state index >= 15 is 0 Å². The van der Waals surface area contributed by atoms with Crippen LogP contribution in [-0.2, 0) is 23.8 Å². The van der Waals surface area contributed by atoms with Crippen molar-refractivity contribution in [2.75, 3.05) is 6.79 Å². The number of fused-ring (bicyclic) bond motifs is 2. The molecule has 0 bridgehead atoms. The van der Waals surface area contributed by atoms with Gasteiger partial charge in [0.2, 0.25) is 12.7 Å². The molecule has 2 aliphatic heterocycles. The van der Waals surface area contributed by atoms with Crippen LogP contribution in [0.4, 0.5) is 4.79 Å². The molecule has 1 N–H and O–H groups in total. The molecule has 0 radical (unpaired) electrons. The normalized spacial score (nSPS) is 23.9. The summed E-state index contributed by atoms with van der Waals surface area (Å²) in [6, 6.07) is -0.328. The molecule has 33 heavy (non-hydrogen) atoms. The van der Waals surface area contributed by atoms with E-state index in [0.717, 1.165) is 42.6 Å². The standard InChI is InChI=1S/C22H25N3O7S/c1-12(26)18-15-7-14(16-9-33-17-8-23-10-24(16)17)19(25(15)20(18)27)21(28)30-11-31-22(29)32-13-5-3-2-4-6-13/h8-10,12-13,15,18,26H,2-7,11H2,1H3/t12-,15-,18-/m1/s1. The number of amides is 1. The van der Waals surface area contributed by atoms with Crippen molar-refractivity contribution in [3.8, 4) is 0 Å². The molecule has 2 aromatic heterocycles. The average molecular weight is 476 g/mol. The van der Waals surface area contributed by atoms with E-state index in [4.69, 9.17) is 14.2 Å². The number of nitrogens with zero attached hydrogens (tertiary/aromatic N) is 3. The molecule has 1 saturated heterocycles. The zero-order chi connectivity index (χ0) is 23.1. The number of aliphatic hydroxyl groups is 1. The van der Waals surface area contributed by atoms with Crippen LogP contribution in [0, 0.1) is 5.92 Å². The number of esters is 1. The highest BCUT2D eigenvalue weighted by molar-refractivity contribution is 7.15. The van der Waals surface area contributed by atoms with Crippen LogP contribution < -0.4 is 0 Å². The largest absolute Gasteiger partial charge is 0.511 e. The van der Waals surface area contributed by atoms with Gasteiger partial charge >= 0.3 is 12.1 Å². The Bertz CT molecular complexity index is 1110. The number of aromatic nitrogens is 2. The van der Waals surface area contributed by atoms with E-state index in [2.05, 4.69) is 4.98 Å². The lowest BCUT2D eigenvalue weighted by Crippen LogP contribution is -2.61. The first-order chi connectivity index (χ1) is 16.0. The Kier molecular flexibility index (Phi) is 5.83. The first kappa shape index (κ1) is 21.9. The number of hydrogen-bond donors (Lipinski definition) is 1. The summed E-state index contributed by atoms with van der Waals surface area (Å²) in [4.78, 5) is 44.1. The molecule has 4 heterocycles. The minimum Gasteiger partial charge on any atom is -0.431 e. The molecular weight excluding hydrogens is 450 g/mol. The second kappa shape index (κ2) is 8.79. The lowest BCUT2D eigenvalue weighted by atomic mass is 9.83. The van der Waals surface area contributed by atoms with Gasteiger partial charge in [-0.1, -0.05) is 6.42 Å². The van der Waals surface area contributed by atoms with Gasteiger partial charge in [0.1, 0.15) is 23.0 Å². The minimum atomic E-state index is -0.875. The smallest absolute Gasteiger partial charge is 0.431 e. The summed E-state index contributed by atoms with van der Waals surface area (Å²) in [6.07, 6.45) is 6.64. The van der Waals surface area contributed by atoms with Crippen LogP contribution >= 0.6 is 11.3 Å². The number of hydrogen-bond acceptors (Lipinski definition) is 9. The fourth-order valence-corrected chi connectivity index (χ4v) is 5.85. The average Bonchev–Trinajstić information content (AvgIpc) is 3.47.